The lowest BCUT2D eigenvalue weighted by molar-refractivity contribution is -0.179. The highest BCUT2D eigenvalue weighted by Gasteiger charge is 2.42. The summed E-state index contributed by atoms with van der Waals surface area (Å²) in [6.45, 7) is 5.31. The molecule has 6 nitrogen and oxygen atoms in total. The van der Waals surface area contributed by atoms with Crippen molar-refractivity contribution in [2.24, 2.45) is 5.73 Å². The topological polar surface area (TPSA) is 81.9 Å². The monoisotopic (exact) mass is 302 g/mol. The lowest BCUT2D eigenvalue weighted by atomic mass is 10.1. The first-order chi connectivity index (χ1) is 9.36. The predicted octanol–water partition coefficient (Wildman–Crippen LogP) is 0.921. The fourth-order valence-corrected chi connectivity index (χ4v) is 3.70. The SMILES string of the molecule is C/C(N)=C\C=C(/C)S(=O)(=O)N1CCC2(CC1)OCCO2. The number of sulfonamides is 1. The Balaban J connectivity index is 2.05. The molecule has 0 bridgehead atoms. The van der Waals surface area contributed by atoms with E-state index in [1.807, 2.05) is 0 Å². The molecule has 2 fully saturated rings. The largest absolute Gasteiger partial charge is 0.402 e. The van der Waals surface area contributed by atoms with Gasteiger partial charge in [-0.15, -0.1) is 0 Å². The fourth-order valence-electron chi connectivity index (χ4n) is 2.39. The Hall–Kier alpha value is -0.890. The Morgan fingerprint density at radius 3 is 2.20 bits per heavy atom. The normalized spacial score (nSPS) is 25.3. The zero-order valence-electron chi connectivity index (χ0n) is 12.0. The van der Waals surface area contributed by atoms with Crippen molar-refractivity contribution in [3.05, 3.63) is 22.8 Å². The van der Waals surface area contributed by atoms with Crippen LogP contribution in [0.2, 0.25) is 0 Å². The van der Waals surface area contributed by atoms with Crippen LogP contribution in [0.1, 0.15) is 26.7 Å². The van der Waals surface area contributed by atoms with Gasteiger partial charge in [-0.3, -0.25) is 0 Å². The summed E-state index contributed by atoms with van der Waals surface area (Å²) < 4.78 is 37.5. The van der Waals surface area contributed by atoms with Crippen LogP contribution in [0.5, 0.6) is 0 Å². The molecule has 0 saturated carbocycles. The minimum Gasteiger partial charge on any atom is -0.402 e. The van der Waals surface area contributed by atoms with Crippen LogP contribution in [-0.2, 0) is 19.5 Å². The highest BCUT2D eigenvalue weighted by molar-refractivity contribution is 7.93. The maximum Gasteiger partial charge on any atom is 0.238 e. The third-order valence-corrected chi connectivity index (χ3v) is 5.62. The number of allylic oxidation sites excluding steroid dienone is 4. The summed E-state index contributed by atoms with van der Waals surface area (Å²) in [5.74, 6) is -0.558. The van der Waals surface area contributed by atoms with E-state index in [4.69, 9.17) is 15.2 Å². The molecule has 1 spiro atoms. The summed E-state index contributed by atoms with van der Waals surface area (Å²) in [4.78, 5) is 0.298. The Labute approximate surface area is 120 Å². The molecule has 0 unspecified atom stereocenters. The summed E-state index contributed by atoms with van der Waals surface area (Å²) in [5.41, 5.74) is 6.09. The van der Waals surface area contributed by atoms with Crippen LogP contribution >= 0.6 is 0 Å². The zero-order chi connectivity index (χ0) is 14.8. The lowest BCUT2D eigenvalue weighted by Crippen LogP contribution is -2.47. The van der Waals surface area contributed by atoms with Gasteiger partial charge in [-0.1, -0.05) is 0 Å². The molecule has 2 aliphatic rings. The third-order valence-electron chi connectivity index (χ3n) is 3.63. The Morgan fingerprint density at radius 1 is 1.15 bits per heavy atom. The van der Waals surface area contributed by atoms with Gasteiger partial charge in [0.05, 0.1) is 18.1 Å². The summed E-state index contributed by atoms with van der Waals surface area (Å²) >= 11 is 0. The smallest absolute Gasteiger partial charge is 0.238 e. The molecule has 20 heavy (non-hydrogen) atoms. The van der Waals surface area contributed by atoms with E-state index in [0.29, 0.717) is 49.7 Å². The van der Waals surface area contributed by atoms with Gasteiger partial charge in [0, 0.05) is 31.6 Å². The van der Waals surface area contributed by atoms with Gasteiger partial charge in [-0.2, -0.15) is 4.31 Å². The Kier molecular flexibility index (Phi) is 4.53. The zero-order valence-corrected chi connectivity index (χ0v) is 12.8. The van der Waals surface area contributed by atoms with Crippen molar-refractivity contribution in [2.75, 3.05) is 26.3 Å². The van der Waals surface area contributed by atoms with E-state index in [1.54, 1.807) is 19.9 Å². The maximum absolute atomic E-state index is 12.4. The van der Waals surface area contributed by atoms with Crippen molar-refractivity contribution >= 4 is 10.0 Å². The van der Waals surface area contributed by atoms with Crippen molar-refractivity contribution in [1.82, 2.24) is 4.31 Å². The van der Waals surface area contributed by atoms with Gasteiger partial charge >= 0.3 is 0 Å². The average Bonchev–Trinajstić information content (AvgIpc) is 2.84. The third kappa shape index (κ3) is 3.22. The molecule has 0 aromatic rings. The number of rotatable bonds is 3. The number of nitrogens with zero attached hydrogens (tertiary/aromatic N) is 1. The molecule has 2 aliphatic heterocycles. The van der Waals surface area contributed by atoms with E-state index in [1.165, 1.54) is 10.4 Å². The Morgan fingerprint density at radius 2 is 1.70 bits per heavy atom. The van der Waals surface area contributed by atoms with E-state index < -0.39 is 15.8 Å². The molecule has 0 atom stereocenters. The molecule has 2 rings (SSSR count). The summed E-state index contributed by atoms with van der Waals surface area (Å²) in [6.07, 6.45) is 4.29. The van der Waals surface area contributed by atoms with Crippen LogP contribution in [-0.4, -0.2) is 44.8 Å². The lowest BCUT2D eigenvalue weighted by Gasteiger charge is -2.36. The molecule has 0 aromatic heterocycles. The number of ether oxygens (including phenoxy) is 2. The quantitative estimate of drug-likeness (QED) is 0.784. The van der Waals surface area contributed by atoms with E-state index >= 15 is 0 Å². The number of nitrogens with two attached hydrogens (primary N) is 1. The number of hydrogen-bond acceptors (Lipinski definition) is 5. The fraction of sp³-hybridized carbons (Fsp3) is 0.692. The van der Waals surface area contributed by atoms with Gasteiger partial charge in [0.2, 0.25) is 10.0 Å². The molecule has 2 heterocycles. The molecular weight excluding hydrogens is 280 g/mol. The first-order valence-corrected chi connectivity index (χ1v) is 8.18. The average molecular weight is 302 g/mol. The van der Waals surface area contributed by atoms with Crippen LogP contribution < -0.4 is 5.73 Å². The highest BCUT2D eigenvalue weighted by atomic mass is 32.2. The van der Waals surface area contributed by atoms with E-state index in [-0.39, 0.29) is 0 Å². The van der Waals surface area contributed by atoms with E-state index in [0.717, 1.165) is 0 Å². The molecule has 0 amide bonds. The molecule has 0 aromatic carbocycles. The molecular formula is C13H22N2O4S. The number of piperidine rings is 1. The van der Waals surface area contributed by atoms with Gasteiger partial charge in [-0.05, 0) is 26.0 Å². The van der Waals surface area contributed by atoms with Crippen LogP contribution in [0.4, 0.5) is 0 Å². The summed E-state index contributed by atoms with van der Waals surface area (Å²) in [7, 11) is -3.42. The first kappa shape index (κ1) is 15.5. The minimum absolute atomic E-state index is 0.298. The molecule has 114 valence electrons. The molecule has 2 N–H and O–H groups in total. The van der Waals surface area contributed by atoms with Gasteiger partial charge in [0.15, 0.2) is 5.79 Å². The second-order valence-corrected chi connectivity index (χ2v) is 7.31. The van der Waals surface area contributed by atoms with Crippen molar-refractivity contribution in [1.29, 1.82) is 0 Å². The van der Waals surface area contributed by atoms with Gasteiger partial charge < -0.3 is 15.2 Å². The maximum atomic E-state index is 12.4. The summed E-state index contributed by atoms with van der Waals surface area (Å²) in [6, 6.07) is 0. The molecule has 0 radical (unpaired) electrons. The second kappa shape index (κ2) is 5.85. The molecule has 0 aliphatic carbocycles. The van der Waals surface area contributed by atoms with E-state index in [9.17, 15) is 8.42 Å². The number of hydrogen-bond donors (Lipinski definition) is 1. The van der Waals surface area contributed by atoms with Gasteiger partial charge in [0.1, 0.15) is 0 Å². The predicted molar refractivity (Wildman–Crippen MR) is 76.1 cm³/mol. The van der Waals surface area contributed by atoms with Crippen molar-refractivity contribution in [3.63, 3.8) is 0 Å². The first-order valence-electron chi connectivity index (χ1n) is 6.74. The van der Waals surface area contributed by atoms with E-state index in [2.05, 4.69) is 0 Å². The minimum atomic E-state index is -3.42. The van der Waals surface area contributed by atoms with Crippen molar-refractivity contribution < 1.29 is 17.9 Å². The van der Waals surface area contributed by atoms with Crippen molar-refractivity contribution in [2.45, 2.75) is 32.5 Å². The molecule has 7 heteroatoms. The van der Waals surface area contributed by atoms with Crippen LogP contribution in [0.15, 0.2) is 22.8 Å². The highest BCUT2D eigenvalue weighted by Crippen LogP contribution is 2.33. The molecule has 2 saturated heterocycles. The summed E-state index contributed by atoms with van der Waals surface area (Å²) in [5, 5.41) is 0. The van der Waals surface area contributed by atoms with Crippen LogP contribution in [0, 0.1) is 0 Å². The van der Waals surface area contributed by atoms with Crippen LogP contribution in [0.25, 0.3) is 0 Å². The standard InChI is InChI=1S/C13H22N2O4S/c1-11(14)3-4-12(2)20(16,17)15-7-5-13(6-8-15)18-9-10-19-13/h3-4H,5-10,14H2,1-2H3/b11-3+,12-4+. The van der Waals surface area contributed by atoms with Crippen LogP contribution in [0.3, 0.4) is 0 Å². The van der Waals surface area contributed by atoms with Crippen molar-refractivity contribution in [3.8, 4) is 0 Å². The Bertz CT molecular complexity index is 504. The van der Waals surface area contributed by atoms with Gasteiger partial charge in [0.25, 0.3) is 0 Å². The second-order valence-electron chi connectivity index (χ2n) is 5.20. The van der Waals surface area contributed by atoms with Gasteiger partial charge in [-0.25, -0.2) is 8.42 Å².